The molecule has 19 heavy (non-hydrogen) atoms. The zero-order valence-corrected chi connectivity index (χ0v) is 10.2. The van der Waals surface area contributed by atoms with Crippen LogP contribution in [-0.2, 0) is 6.42 Å². The first-order valence-corrected chi connectivity index (χ1v) is 5.85. The highest BCUT2D eigenvalue weighted by molar-refractivity contribution is 5.94. The Morgan fingerprint density at radius 1 is 1.32 bits per heavy atom. The fourth-order valence-corrected chi connectivity index (χ4v) is 1.68. The first-order chi connectivity index (χ1) is 9.19. The van der Waals surface area contributed by atoms with Crippen molar-refractivity contribution in [2.45, 2.75) is 6.42 Å². The number of aldehydes is 1. The highest BCUT2D eigenvalue weighted by atomic mass is 19.1. The first kappa shape index (κ1) is 13.0. The molecule has 2 aromatic rings. The minimum atomic E-state index is -0.277. The molecule has 4 nitrogen and oxygen atoms in total. The van der Waals surface area contributed by atoms with E-state index in [0.29, 0.717) is 30.5 Å². The maximum atomic E-state index is 12.7. The summed E-state index contributed by atoms with van der Waals surface area (Å²) in [6, 6.07) is 7.62. The number of nitrogens with one attached hydrogen (secondary N) is 2. The standard InChI is InChI=1S/C14H13FN2O2/c15-12-3-1-10(2-4-12)5-6-16-14(19)13-7-11(9-18)8-17-13/h1-4,7-9,17H,5-6H2,(H,16,19). The van der Waals surface area contributed by atoms with E-state index in [0.717, 1.165) is 5.56 Å². The van der Waals surface area contributed by atoms with Crippen molar-refractivity contribution in [3.05, 3.63) is 59.2 Å². The van der Waals surface area contributed by atoms with Crippen molar-refractivity contribution < 1.29 is 14.0 Å². The molecule has 0 saturated carbocycles. The quantitative estimate of drug-likeness (QED) is 0.807. The van der Waals surface area contributed by atoms with Crippen LogP contribution in [0.5, 0.6) is 0 Å². The van der Waals surface area contributed by atoms with Gasteiger partial charge in [-0.05, 0) is 30.2 Å². The molecule has 0 bridgehead atoms. The SMILES string of the molecule is O=Cc1c[nH]c(C(=O)NCCc2ccc(F)cc2)c1. The van der Waals surface area contributed by atoms with Gasteiger partial charge in [-0.25, -0.2) is 4.39 Å². The van der Waals surface area contributed by atoms with Gasteiger partial charge in [0, 0.05) is 18.3 Å². The Labute approximate surface area is 109 Å². The van der Waals surface area contributed by atoms with Crippen LogP contribution in [0.2, 0.25) is 0 Å². The summed E-state index contributed by atoms with van der Waals surface area (Å²) in [5, 5.41) is 2.72. The number of rotatable bonds is 5. The third-order valence-electron chi connectivity index (χ3n) is 2.70. The van der Waals surface area contributed by atoms with Crippen LogP contribution in [0.3, 0.4) is 0 Å². The number of H-pyrrole nitrogens is 1. The molecule has 2 rings (SSSR count). The Bertz CT molecular complexity index is 575. The van der Waals surface area contributed by atoms with Crippen molar-refractivity contribution in [2.75, 3.05) is 6.54 Å². The van der Waals surface area contributed by atoms with Crippen LogP contribution in [0.1, 0.15) is 26.4 Å². The van der Waals surface area contributed by atoms with Gasteiger partial charge in [0.2, 0.25) is 0 Å². The molecule has 5 heteroatoms. The van der Waals surface area contributed by atoms with E-state index in [4.69, 9.17) is 0 Å². The Balaban J connectivity index is 1.83. The zero-order chi connectivity index (χ0) is 13.7. The van der Waals surface area contributed by atoms with Crippen molar-refractivity contribution in [1.29, 1.82) is 0 Å². The number of hydrogen-bond acceptors (Lipinski definition) is 2. The largest absolute Gasteiger partial charge is 0.357 e. The van der Waals surface area contributed by atoms with Crippen LogP contribution in [0.15, 0.2) is 36.5 Å². The average molecular weight is 260 g/mol. The topological polar surface area (TPSA) is 62.0 Å². The smallest absolute Gasteiger partial charge is 0.267 e. The summed E-state index contributed by atoms with van der Waals surface area (Å²) in [5.74, 6) is -0.546. The second-order valence-corrected chi connectivity index (χ2v) is 4.10. The third kappa shape index (κ3) is 3.51. The minimum absolute atomic E-state index is 0.268. The summed E-state index contributed by atoms with van der Waals surface area (Å²) >= 11 is 0. The van der Waals surface area contributed by atoms with Gasteiger partial charge in [-0.1, -0.05) is 12.1 Å². The number of benzene rings is 1. The Kier molecular flexibility index (Phi) is 4.07. The van der Waals surface area contributed by atoms with Crippen molar-refractivity contribution in [3.8, 4) is 0 Å². The molecule has 1 aromatic carbocycles. The van der Waals surface area contributed by atoms with Crippen molar-refractivity contribution in [3.63, 3.8) is 0 Å². The Morgan fingerprint density at radius 3 is 2.68 bits per heavy atom. The van der Waals surface area contributed by atoms with Gasteiger partial charge in [0.25, 0.3) is 5.91 Å². The van der Waals surface area contributed by atoms with E-state index in [1.54, 1.807) is 12.1 Å². The fraction of sp³-hybridized carbons (Fsp3) is 0.143. The minimum Gasteiger partial charge on any atom is -0.357 e. The van der Waals surface area contributed by atoms with Gasteiger partial charge >= 0.3 is 0 Å². The second kappa shape index (κ2) is 5.95. The number of aromatic nitrogens is 1. The molecule has 0 aliphatic rings. The Hall–Kier alpha value is -2.43. The first-order valence-electron chi connectivity index (χ1n) is 5.85. The van der Waals surface area contributed by atoms with Crippen LogP contribution < -0.4 is 5.32 Å². The predicted molar refractivity (Wildman–Crippen MR) is 68.6 cm³/mol. The Morgan fingerprint density at radius 2 is 2.05 bits per heavy atom. The molecule has 0 atom stereocenters. The highest BCUT2D eigenvalue weighted by Crippen LogP contribution is 2.03. The molecule has 0 radical (unpaired) electrons. The van der Waals surface area contributed by atoms with E-state index in [9.17, 15) is 14.0 Å². The zero-order valence-electron chi connectivity index (χ0n) is 10.2. The second-order valence-electron chi connectivity index (χ2n) is 4.10. The van der Waals surface area contributed by atoms with E-state index >= 15 is 0 Å². The van der Waals surface area contributed by atoms with E-state index in [1.807, 2.05) is 0 Å². The number of aromatic amines is 1. The number of carbonyl (C=O) groups excluding carboxylic acids is 2. The molecule has 1 amide bonds. The molecule has 0 unspecified atom stereocenters. The summed E-state index contributed by atoms with van der Waals surface area (Å²) in [5.41, 5.74) is 1.73. The summed E-state index contributed by atoms with van der Waals surface area (Å²) in [7, 11) is 0. The van der Waals surface area contributed by atoms with Crippen molar-refractivity contribution >= 4 is 12.2 Å². The molecular weight excluding hydrogens is 247 g/mol. The van der Waals surface area contributed by atoms with Gasteiger partial charge in [0.05, 0.1) is 0 Å². The molecule has 1 heterocycles. The van der Waals surface area contributed by atoms with E-state index in [-0.39, 0.29) is 11.7 Å². The van der Waals surface area contributed by atoms with Gasteiger partial charge < -0.3 is 10.3 Å². The van der Waals surface area contributed by atoms with Crippen LogP contribution in [0.4, 0.5) is 4.39 Å². The average Bonchev–Trinajstić information content (AvgIpc) is 2.90. The lowest BCUT2D eigenvalue weighted by atomic mass is 10.1. The van der Waals surface area contributed by atoms with Gasteiger partial charge in [0.15, 0.2) is 6.29 Å². The maximum Gasteiger partial charge on any atom is 0.267 e. The molecular formula is C14H13FN2O2. The van der Waals surface area contributed by atoms with Gasteiger partial charge in [0.1, 0.15) is 11.5 Å². The predicted octanol–water partition coefficient (Wildman–Crippen LogP) is 1.94. The van der Waals surface area contributed by atoms with Crippen molar-refractivity contribution in [1.82, 2.24) is 10.3 Å². The van der Waals surface area contributed by atoms with Gasteiger partial charge in [-0.3, -0.25) is 9.59 Å². The lowest BCUT2D eigenvalue weighted by Crippen LogP contribution is -2.25. The summed E-state index contributed by atoms with van der Waals surface area (Å²) in [6.07, 6.45) is 2.76. The number of hydrogen-bond donors (Lipinski definition) is 2. The highest BCUT2D eigenvalue weighted by Gasteiger charge is 2.07. The molecule has 2 N–H and O–H groups in total. The maximum absolute atomic E-state index is 12.7. The van der Waals surface area contributed by atoms with Crippen molar-refractivity contribution in [2.24, 2.45) is 0 Å². The number of halogens is 1. The van der Waals surface area contributed by atoms with E-state index < -0.39 is 0 Å². The lowest BCUT2D eigenvalue weighted by molar-refractivity contribution is 0.0949. The number of amides is 1. The van der Waals surface area contributed by atoms with E-state index in [1.165, 1.54) is 24.4 Å². The van der Waals surface area contributed by atoms with Gasteiger partial charge in [-0.2, -0.15) is 0 Å². The van der Waals surface area contributed by atoms with E-state index in [2.05, 4.69) is 10.3 Å². The summed E-state index contributed by atoms with van der Waals surface area (Å²) in [6.45, 7) is 0.444. The monoisotopic (exact) mass is 260 g/mol. The van der Waals surface area contributed by atoms with Crippen LogP contribution in [0.25, 0.3) is 0 Å². The third-order valence-corrected chi connectivity index (χ3v) is 2.70. The fourth-order valence-electron chi connectivity index (χ4n) is 1.68. The summed E-state index contributed by atoms with van der Waals surface area (Å²) < 4.78 is 12.7. The number of carbonyl (C=O) groups is 2. The lowest BCUT2D eigenvalue weighted by Gasteiger charge is -2.04. The molecule has 0 aliphatic heterocycles. The normalized spacial score (nSPS) is 10.2. The molecule has 0 aliphatic carbocycles. The molecule has 1 aromatic heterocycles. The summed E-state index contributed by atoms with van der Waals surface area (Å²) in [4.78, 5) is 24.9. The molecule has 0 fully saturated rings. The molecule has 0 spiro atoms. The van der Waals surface area contributed by atoms with Crippen LogP contribution in [0, 0.1) is 5.82 Å². The molecule has 98 valence electrons. The molecule has 0 saturated heterocycles. The van der Waals surface area contributed by atoms with Gasteiger partial charge in [-0.15, -0.1) is 0 Å². The van der Waals surface area contributed by atoms with Crippen LogP contribution >= 0.6 is 0 Å². The van der Waals surface area contributed by atoms with Crippen LogP contribution in [-0.4, -0.2) is 23.7 Å².